The molecule has 1 amide bonds. The van der Waals surface area contributed by atoms with Crippen molar-refractivity contribution in [2.75, 3.05) is 11.1 Å². The third-order valence-corrected chi connectivity index (χ3v) is 8.91. The number of hydrogen-bond acceptors (Lipinski definition) is 5. The predicted molar refractivity (Wildman–Crippen MR) is 145 cm³/mol. The summed E-state index contributed by atoms with van der Waals surface area (Å²) in [5.41, 5.74) is 0.419. The molecule has 0 spiro atoms. The van der Waals surface area contributed by atoms with Crippen LogP contribution in [-0.4, -0.2) is 21.2 Å². The fourth-order valence-corrected chi connectivity index (χ4v) is 6.85. The van der Waals surface area contributed by atoms with E-state index < -0.39 is 22.7 Å². The second kappa shape index (κ2) is 10.4. The minimum Gasteiger partial charge on any atom is -0.325 e. The maximum Gasteiger partial charge on any atom is 0.417 e. The van der Waals surface area contributed by atoms with Crippen LogP contribution in [0.3, 0.4) is 0 Å². The molecule has 192 valence electrons. The van der Waals surface area contributed by atoms with Gasteiger partial charge in [-0.15, -0.1) is 11.3 Å². The number of halogens is 5. The first-order chi connectivity index (χ1) is 17.6. The lowest BCUT2D eigenvalue weighted by Crippen LogP contribution is -2.23. The number of amides is 1. The van der Waals surface area contributed by atoms with Crippen LogP contribution in [0.25, 0.3) is 15.9 Å². The summed E-state index contributed by atoms with van der Waals surface area (Å²) in [4.78, 5) is 33.0. The van der Waals surface area contributed by atoms with E-state index >= 15 is 0 Å². The van der Waals surface area contributed by atoms with Crippen molar-refractivity contribution >= 4 is 72.4 Å². The standard InChI is InChI=1S/C25H18BrClF3N3O2S2/c26-13-5-8-15(9-6-13)33-23(35)21-16-3-1-2-4-19(16)37-22(21)32-24(33)36-12-20(34)31-14-7-10-18(27)17(11-14)25(28,29)30/h5-11H,1-4,12H2,(H,31,34). The summed E-state index contributed by atoms with van der Waals surface area (Å²) in [6.07, 6.45) is -0.799. The Hall–Kier alpha value is -2.34. The zero-order valence-electron chi connectivity index (χ0n) is 19.0. The van der Waals surface area contributed by atoms with Gasteiger partial charge >= 0.3 is 6.18 Å². The van der Waals surface area contributed by atoms with Gasteiger partial charge in [0, 0.05) is 15.0 Å². The monoisotopic (exact) mass is 627 g/mol. The van der Waals surface area contributed by atoms with Gasteiger partial charge in [-0.05, 0) is 73.7 Å². The molecule has 0 bridgehead atoms. The zero-order valence-corrected chi connectivity index (χ0v) is 23.0. The number of rotatable bonds is 5. The Bertz CT molecular complexity index is 1570. The molecule has 0 fully saturated rings. The van der Waals surface area contributed by atoms with E-state index in [4.69, 9.17) is 16.6 Å². The molecule has 37 heavy (non-hydrogen) atoms. The molecule has 5 rings (SSSR count). The Morgan fingerprint density at radius 2 is 1.89 bits per heavy atom. The number of anilines is 1. The van der Waals surface area contributed by atoms with Crippen LogP contribution in [0.5, 0.6) is 0 Å². The number of carbonyl (C=O) groups excluding carboxylic acids is 1. The molecule has 0 saturated carbocycles. The van der Waals surface area contributed by atoms with E-state index in [-0.39, 0.29) is 17.0 Å². The second-order valence-electron chi connectivity index (χ2n) is 8.43. The van der Waals surface area contributed by atoms with E-state index in [1.807, 2.05) is 12.1 Å². The number of fused-ring (bicyclic) bond motifs is 3. The molecule has 1 aliphatic carbocycles. The van der Waals surface area contributed by atoms with Crippen LogP contribution >= 0.6 is 50.6 Å². The molecule has 1 N–H and O–H groups in total. The van der Waals surface area contributed by atoms with E-state index in [0.717, 1.165) is 59.6 Å². The molecule has 12 heteroatoms. The Kier molecular flexibility index (Phi) is 7.41. The Labute approximate surface area is 231 Å². The Balaban J connectivity index is 1.47. The Morgan fingerprint density at radius 3 is 2.62 bits per heavy atom. The highest BCUT2D eigenvalue weighted by molar-refractivity contribution is 9.10. The van der Waals surface area contributed by atoms with Crippen molar-refractivity contribution in [1.82, 2.24) is 9.55 Å². The molecule has 2 aromatic heterocycles. The van der Waals surface area contributed by atoms with Gasteiger partial charge in [0.2, 0.25) is 5.91 Å². The van der Waals surface area contributed by atoms with Crippen molar-refractivity contribution < 1.29 is 18.0 Å². The van der Waals surface area contributed by atoms with Gasteiger partial charge in [0.25, 0.3) is 5.56 Å². The number of nitrogens with one attached hydrogen (secondary N) is 1. The summed E-state index contributed by atoms with van der Waals surface area (Å²) in [5, 5.41) is 2.98. The molecule has 2 aromatic carbocycles. The van der Waals surface area contributed by atoms with E-state index in [1.54, 1.807) is 12.1 Å². The van der Waals surface area contributed by atoms with Crippen molar-refractivity contribution in [3.05, 3.63) is 78.3 Å². The first-order valence-corrected chi connectivity index (χ1v) is 14.2. The lowest BCUT2D eigenvalue weighted by Gasteiger charge is -2.14. The smallest absolute Gasteiger partial charge is 0.325 e. The van der Waals surface area contributed by atoms with Gasteiger partial charge in [-0.3, -0.25) is 14.2 Å². The summed E-state index contributed by atoms with van der Waals surface area (Å²) >= 11 is 11.6. The number of aromatic nitrogens is 2. The molecule has 4 aromatic rings. The first kappa shape index (κ1) is 26.3. The lowest BCUT2D eigenvalue weighted by atomic mass is 9.97. The van der Waals surface area contributed by atoms with E-state index in [1.165, 1.54) is 26.8 Å². The largest absolute Gasteiger partial charge is 0.417 e. The fourth-order valence-electron chi connectivity index (χ4n) is 4.25. The number of alkyl halides is 3. The van der Waals surface area contributed by atoms with Gasteiger partial charge in [0.05, 0.1) is 27.4 Å². The topological polar surface area (TPSA) is 64.0 Å². The van der Waals surface area contributed by atoms with Gasteiger partial charge in [0.1, 0.15) is 4.83 Å². The molecular weight excluding hydrogens is 611 g/mol. The minimum atomic E-state index is -4.65. The number of nitrogens with zero attached hydrogens (tertiary/aromatic N) is 2. The second-order valence-corrected chi connectivity index (χ2v) is 11.8. The molecule has 1 aliphatic rings. The van der Waals surface area contributed by atoms with Crippen molar-refractivity contribution in [2.24, 2.45) is 0 Å². The quantitative estimate of drug-likeness (QED) is 0.184. The van der Waals surface area contributed by atoms with Gasteiger partial charge < -0.3 is 5.32 Å². The summed E-state index contributed by atoms with van der Waals surface area (Å²) in [5.74, 6) is -0.702. The first-order valence-electron chi connectivity index (χ1n) is 11.2. The van der Waals surface area contributed by atoms with Crippen molar-refractivity contribution in [3.8, 4) is 5.69 Å². The maximum atomic E-state index is 13.8. The van der Waals surface area contributed by atoms with Crippen LogP contribution in [0.4, 0.5) is 18.9 Å². The third-order valence-electron chi connectivity index (χ3n) is 5.93. The number of benzene rings is 2. The van der Waals surface area contributed by atoms with E-state index in [0.29, 0.717) is 21.1 Å². The number of aryl methyl sites for hydroxylation is 2. The summed E-state index contributed by atoms with van der Waals surface area (Å²) in [7, 11) is 0. The molecule has 0 radical (unpaired) electrons. The number of thiophene rings is 1. The number of thioether (sulfide) groups is 1. The van der Waals surface area contributed by atoms with Crippen LogP contribution in [0.1, 0.15) is 28.8 Å². The van der Waals surface area contributed by atoms with Crippen LogP contribution < -0.4 is 10.9 Å². The van der Waals surface area contributed by atoms with Gasteiger partial charge in [-0.25, -0.2) is 4.98 Å². The maximum absolute atomic E-state index is 13.8. The summed E-state index contributed by atoms with van der Waals surface area (Å²) < 4.78 is 41.9. The SMILES string of the molecule is O=C(CSc1nc2sc3c(c2c(=O)n1-c1ccc(Br)cc1)CCCC3)Nc1ccc(Cl)c(C(F)(F)F)c1. The van der Waals surface area contributed by atoms with Crippen LogP contribution in [0.2, 0.25) is 5.02 Å². The zero-order chi connectivity index (χ0) is 26.3. The van der Waals surface area contributed by atoms with Gasteiger partial charge in [0.15, 0.2) is 5.16 Å². The average molecular weight is 629 g/mol. The predicted octanol–water partition coefficient (Wildman–Crippen LogP) is 7.49. The lowest BCUT2D eigenvalue weighted by molar-refractivity contribution is -0.137. The van der Waals surface area contributed by atoms with Crippen molar-refractivity contribution in [2.45, 2.75) is 37.0 Å². The minimum absolute atomic E-state index is 0.0260. The Morgan fingerprint density at radius 1 is 1.16 bits per heavy atom. The van der Waals surface area contributed by atoms with E-state index in [2.05, 4.69) is 21.2 Å². The average Bonchev–Trinajstić information content (AvgIpc) is 3.23. The molecule has 0 aliphatic heterocycles. The van der Waals surface area contributed by atoms with Gasteiger partial charge in [-0.1, -0.05) is 39.3 Å². The van der Waals surface area contributed by atoms with Crippen LogP contribution in [0.15, 0.2) is 56.9 Å². The number of carbonyl (C=O) groups is 1. The summed E-state index contributed by atoms with van der Waals surface area (Å²) in [6.45, 7) is 0. The highest BCUT2D eigenvalue weighted by Gasteiger charge is 2.33. The normalized spacial score (nSPS) is 13.5. The van der Waals surface area contributed by atoms with Crippen molar-refractivity contribution in [1.29, 1.82) is 0 Å². The molecule has 2 heterocycles. The molecule has 5 nitrogen and oxygen atoms in total. The molecule has 0 unspecified atom stereocenters. The van der Waals surface area contributed by atoms with Gasteiger partial charge in [-0.2, -0.15) is 13.2 Å². The number of hydrogen-bond donors (Lipinski definition) is 1. The molecule has 0 saturated heterocycles. The van der Waals surface area contributed by atoms with Crippen LogP contribution in [-0.2, 0) is 23.8 Å². The molecular formula is C25H18BrClF3N3O2S2. The highest BCUT2D eigenvalue weighted by atomic mass is 79.9. The highest BCUT2D eigenvalue weighted by Crippen LogP contribution is 2.37. The fraction of sp³-hybridized carbons (Fsp3) is 0.240. The van der Waals surface area contributed by atoms with Crippen LogP contribution in [0, 0.1) is 0 Å². The third kappa shape index (κ3) is 5.45. The molecule has 0 atom stereocenters. The van der Waals surface area contributed by atoms with Crippen molar-refractivity contribution in [3.63, 3.8) is 0 Å². The summed E-state index contributed by atoms with van der Waals surface area (Å²) in [6, 6.07) is 10.4. The van der Waals surface area contributed by atoms with E-state index in [9.17, 15) is 22.8 Å².